The second-order valence-electron chi connectivity index (χ2n) is 8.29. The Bertz CT molecular complexity index is 1180. The largest absolute Gasteiger partial charge is 0.497 e. The fourth-order valence-electron chi connectivity index (χ4n) is 3.42. The third-order valence-electron chi connectivity index (χ3n) is 5.40. The van der Waals surface area contributed by atoms with Crippen molar-refractivity contribution in [3.05, 3.63) is 78.1 Å². The zero-order chi connectivity index (χ0) is 26.1. The fraction of sp³-hybridized carbons (Fsp3) is 0.308. The van der Waals surface area contributed by atoms with Crippen LogP contribution in [0.2, 0.25) is 0 Å². The number of ether oxygens (including phenoxy) is 1. The predicted molar refractivity (Wildman–Crippen MR) is 140 cm³/mol. The summed E-state index contributed by atoms with van der Waals surface area (Å²) in [5.74, 6) is 0.976. The molecule has 190 valence electrons. The number of thioether (sulfide) groups is 1. The molecule has 1 heterocycles. The summed E-state index contributed by atoms with van der Waals surface area (Å²) in [5.41, 5.74) is 2.33. The smallest absolute Gasteiger partial charge is 0.251 e. The van der Waals surface area contributed by atoms with Gasteiger partial charge >= 0.3 is 0 Å². The maximum atomic E-state index is 12.7. The van der Waals surface area contributed by atoms with Crippen molar-refractivity contribution < 1.29 is 19.4 Å². The summed E-state index contributed by atoms with van der Waals surface area (Å²) in [6.45, 7) is 7.97. The maximum absolute atomic E-state index is 12.7. The molecule has 2 amide bonds. The molecule has 0 bridgehead atoms. The van der Waals surface area contributed by atoms with Crippen LogP contribution in [0.1, 0.15) is 47.6 Å². The number of anilines is 1. The minimum atomic E-state index is -0.797. The first-order chi connectivity index (χ1) is 17.4. The van der Waals surface area contributed by atoms with E-state index in [0.717, 1.165) is 5.69 Å². The van der Waals surface area contributed by atoms with Crippen LogP contribution in [-0.2, 0) is 11.3 Å². The van der Waals surface area contributed by atoms with Gasteiger partial charge in [0, 0.05) is 17.8 Å². The first-order valence-electron chi connectivity index (χ1n) is 11.5. The number of rotatable bonds is 12. The summed E-state index contributed by atoms with van der Waals surface area (Å²) in [7, 11) is 1.55. The van der Waals surface area contributed by atoms with Crippen LogP contribution < -0.4 is 15.4 Å². The van der Waals surface area contributed by atoms with E-state index in [1.807, 2.05) is 24.3 Å². The molecule has 0 aliphatic rings. The number of aromatic nitrogens is 3. The van der Waals surface area contributed by atoms with Crippen molar-refractivity contribution in [3.8, 4) is 5.75 Å². The van der Waals surface area contributed by atoms with E-state index in [9.17, 15) is 14.7 Å². The number of aliphatic hydroxyl groups excluding tert-OH is 1. The molecule has 3 aromatic rings. The molecule has 10 heteroatoms. The Hall–Kier alpha value is -3.63. The van der Waals surface area contributed by atoms with Crippen LogP contribution in [0.25, 0.3) is 0 Å². The highest BCUT2D eigenvalue weighted by Crippen LogP contribution is 2.22. The lowest BCUT2D eigenvalue weighted by molar-refractivity contribution is -0.113. The van der Waals surface area contributed by atoms with Gasteiger partial charge in [0.25, 0.3) is 5.91 Å². The number of hydrogen-bond donors (Lipinski definition) is 3. The van der Waals surface area contributed by atoms with Gasteiger partial charge in [-0.2, -0.15) is 0 Å². The second-order valence-corrected chi connectivity index (χ2v) is 9.23. The lowest BCUT2D eigenvalue weighted by Crippen LogP contribution is -2.33. The van der Waals surface area contributed by atoms with Crippen LogP contribution in [0.3, 0.4) is 0 Å². The first kappa shape index (κ1) is 27.0. The molecule has 0 radical (unpaired) electrons. The van der Waals surface area contributed by atoms with E-state index >= 15 is 0 Å². The molecule has 36 heavy (non-hydrogen) atoms. The van der Waals surface area contributed by atoms with Crippen molar-refractivity contribution in [2.24, 2.45) is 0 Å². The average molecular weight is 510 g/mol. The van der Waals surface area contributed by atoms with E-state index in [4.69, 9.17) is 4.74 Å². The predicted octanol–water partition coefficient (Wildman–Crippen LogP) is 3.79. The third kappa shape index (κ3) is 6.96. The molecule has 1 aromatic heterocycles. The quantitative estimate of drug-likeness (QED) is 0.251. The highest BCUT2D eigenvalue weighted by molar-refractivity contribution is 7.99. The Morgan fingerprint density at radius 2 is 1.83 bits per heavy atom. The lowest BCUT2D eigenvalue weighted by Gasteiger charge is -2.17. The molecule has 1 atom stereocenters. The van der Waals surface area contributed by atoms with Crippen molar-refractivity contribution in [1.82, 2.24) is 20.1 Å². The molecule has 1 unspecified atom stereocenters. The molecular formula is C26H31N5O4S. The monoisotopic (exact) mass is 509 g/mol. The van der Waals surface area contributed by atoms with E-state index in [1.165, 1.54) is 17.3 Å². The minimum absolute atomic E-state index is 0.114. The summed E-state index contributed by atoms with van der Waals surface area (Å²) < 4.78 is 6.84. The van der Waals surface area contributed by atoms with Crippen LogP contribution in [0.4, 0.5) is 5.69 Å². The van der Waals surface area contributed by atoms with Gasteiger partial charge in [-0.1, -0.05) is 43.8 Å². The first-order valence-corrected chi connectivity index (χ1v) is 12.5. The normalized spacial score (nSPS) is 11.7. The molecule has 0 saturated carbocycles. The minimum Gasteiger partial charge on any atom is -0.497 e. The van der Waals surface area contributed by atoms with Gasteiger partial charge < -0.3 is 25.0 Å². The van der Waals surface area contributed by atoms with Gasteiger partial charge in [0.1, 0.15) is 11.8 Å². The van der Waals surface area contributed by atoms with E-state index in [2.05, 4.69) is 41.3 Å². The van der Waals surface area contributed by atoms with Crippen molar-refractivity contribution in [2.75, 3.05) is 24.8 Å². The van der Waals surface area contributed by atoms with Crippen LogP contribution in [0.15, 0.2) is 66.3 Å². The van der Waals surface area contributed by atoms with E-state index in [0.29, 0.717) is 34.8 Å². The van der Waals surface area contributed by atoms with Crippen molar-refractivity contribution >= 4 is 29.3 Å². The van der Waals surface area contributed by atoms with E-state index in [1.54, 1.807) is 42.0 Å². The SMILES string of the molecule is C=CCn1c(SCC(=O)Nc2ccc(C(C)C)cc2)nnc1C(CO)NC(=O)c1ccc(OC)cc1. The fourth-order valence-corrected chi connectivity index (χ4v) is 4.17. The third-order valence-corrected chi connectivity index (χ3v) is 6.37. The summed E-state index contributed by atoms with van der Waals surface area (Å²) in [4.78, 5) is 25.2. The van der Waals surface area contributed by atoms with E-state index in [-0.39, 0.29) is 24.2 Å². The van der Waals surface area contributed by atoms with Crippen molar-refractivity contribution in [3.63, 3.8) is 0 Å². The Morgan fingerprint density at radius 1 is 1.14 bits per heavy atom. The topological polar surface area (TPSA) is 118 Å². The van der Waals surface area contributed by atoms with Crippen LogP contribution in [-0.4, -0.2) is 51.2 Å². The average Bonchev–Trinajstić information content (AvgIpc) is 3.28. The van der Waals surface area contributed by atoms with Crippen molar-refractivity contribution in [1.29, 1.82) is 0 Å². The molecule has 0 saturated heterocycles. The molecule has 0 fully saturated rings. The molecule has 0 spiro atoms. The Kier molecular flexibility index (Phi) is 9.66. The van der Waals surface area contributed by atoms with Gasteiger partial charge in [0.15, 0.2) is 11.0 Å². The molecule has 0 aliphatic heterocycles. The van der Waals surface area contributed by atoms with Gasteiger partial charge in [-0.05, 0) is 47.9 Å². The summed E-state index contributed by atoms with van der Waals surface area (Å²) in [5, 5.41) is 24.5. The lowest BCUT2D eigenvalue weighted by atomic mass is 10.0. The van der Waals surface area contributed by atoms with Gasteiger partial charge in [-0.25, -0.2) is 0 Å². The number of nitrogens with zero attached hydrogens (tertiary/aromatic N) is 3. The number of benzene rings is 2. The van der Waals surface area contributed by atoms with Crippen LogP contribution in [0.5, 0.6) is 5.75 Å². The highest BCUT2D eigenvalue weighted by atomic mass is 32.2. The maximum Gasteiger partial charge on any atom is 0.251 e. The Balaban J connectivity index is 1.67. The Morgan fingerprint density at radius 3 is 2.42 bits per heavy atom. The standard InChI is InChI=1S/C26H31N5O4S/c1-5-14-31-24(22(15-32)28-25(34)19-8-12-21(35-4)13-9-19)29-30-26(31)36-16-23(33)27-20-10-6-18(7-11-20)17(2)3/h5-13,17,22,32H,1,14-16H2,2-4H3,(H,27,33)(H,28,34). The number of carbonyl (C=O) groups is 2. The zero-order valence-electron chi connectivity index (χ0n) is 20.6. The number of nitrogens with one attached hydrogen (secondary N) is 2. The molecule has 2 aromatic carbocycles. The van der Waals surface area contributed by atoms with Gasteiger partial charge in [-0.3, -0.25) is 9.59 Å². The van der Waals surface area contributed by atoms with Gasteiger partial charge in [-0.15, -0.1) is 16.8 Å². The number of hydrogen-bond acceptors (Lipinski definition) is 7. The van der Waals surface area contributed by atoms with Gasteiger partial charge in [0.2, 0.25) is 5.91 Å². The Labute approximate surface area is 215 Å². The molecule has 0 aliphatic carbocycles. The van der Waals surface area contributed by atoms with Gasteiger partial charge in [0.05, 0.1) is 19.5 Å². The van der Waals surface area contributed by atoms with E-state index < -0.39 is 6.04 Å². The number of methoxy groups -OCH3 is 1. The van der Waals surface area contributed by atoms with Crippen LogP contribution >= 0.6 is 11.8 Å². The summed E-state index contributed by atoms with van der Waals surface area (Å²) in [6, 6.07) is 13.6. The number of aliphatic hydroxyl groups is 1. The molecular weight excluding hydrogens is 478 g/mol. The number of allylic oxidation sites excluding steroid dienone is 1. The molecule has 3 N–H and O–H groups in total. The van der Waals surface area contributed by atoms with Crippen molar-refractivity contribution in [2.45, 2.75) is 37.5 Å². The van der Waals surface area contributed by atoms with Crippen LogP contribution in [0, 0.1) is 0 Å². The molecule has 3 rings (SSSR count). The highest BCUT2D eigenvalue weighted by Gasteiger charge is 2.23. The number of amides is 2. The second kappa shape index (κ2) is 12.9. The zero-order valence-corrected chi connectivity index (χ0v) is 21.4. The molecule has 9 nitrogen and oxygen atoms in total. The summed E-state index contributed by atoms with van der Waals surface area (Å²) >= 11 is 1.21. The number of carbonyl (C=O) groups excluding carboxylic acids is 2. The summed E-state index contributed by atoms with van der Waals surface area (Å²) in [6.07, 6.45) is 1.66.